The highest BCUT2D eigenvalue weighted by Crippen LogP contribution is 2.33. The molecule has 2 heterocycles. The fraction of sp³-hybridized carbons (Fsp3) is 0.750. The maximum atomic E-state index is 11.4. The summed E-state index contributed by atoms with van der Waals surface area (Å²) in [5, 5.41) is 14.7. The van der Waals surface area contributed by atoms with Crippen LogP contribution in [0, 0.1) is 16.0 Å². The van der Waals surface area contributed by atoms with Crippen molar-refractivity contribution in [2.24, 2.45) is 5.92 Å². The number of piperidine rings is 1. The third-order valence-corrected chi connectivity index (χ3v) is 5.09. The second kappa shape index (κ2) is 7.19. The lowest BCUT2D eigenvalue weighted by Gasteiger charge is -2.30. The van der Waals surface area contributed by atoms with Crippen LogP contribution in [0.2, 0.25) is 0 Å². The summed E-state index contributed by atoms with van der Waals surface area (Å²) in [6.07, 6.45) is 7.68. The zero-order chi connectivity index (χ0) is 17.1. The molecule has 1 aliphatic carbocycles. The molecule has 3 N–H and O–H groups in total. The van der Waals surface area contributed by atoms with E-state index in [1.807, 2.05) is 0 Å². The molecule has 8 nitrogen and oxygen atoms in total. The van der Waals surface area contributed by atoms with Gasteiger partial charge in [-0.25, -0.2) is 0 Å². The lowest BCUT2D eigenvalue weighted by molar-refractivity contribution is -0.383. The van der Waals surface area contributed by atoms with Gasteiger partial charge in [0.25, 0.3) is 0 Å². The maximum Gasteiger partial charge on any atom is 0.353 e. The van der Waals surface area contributed by atoms with Gasteiger partial charge in [-0.05, 0) is 31.6 Å². The highest BCUT2D eigenvalue weighted by atomic mass is 16.6. The summed E-state index contributed by atoms with van der Waals surface area (Å²) in [4.78, 5) is 21.7. The van der Waals surface area contributed by atoms with Crippen molar-refractivity contribution in [3.05, 3.63) is 10.1 Å². The Kier molecular flexibility index (Phi) is 5.01. The number of hydrogen-bond donors (Lipinski definition) is 2. The predicted molar refractivity (Wildman–Crippen MR) is 94.2 cm³/mol. The molecule has 0 bridgehead atoms. The SMILES string of the molecule is CC1CCN(c2nc(N)c([N+](=O)[O-])c(NC3CCCCC3)n2)CC1. The summed E-state index contributed by atoms with van der Waals surface area (Å²) in [5.41, 5.74) is 5.70. The van der Waals surface area contributed by atoms with E-state index in [-0.39, 0.29) is 23.4 Å². The van der Waals surface area contributed by atoms with E-state index >= 15 is 0 Å². The van der Waals surface area contributed by atoms with E-state index in [4.69, 9.17) is 5.73 Å². The Hall–Kier alpha value is -2.12. The molecule has 132 valence electrons. The second-order valence-electron chi connectivity index (χ2n) is 7.01. The molecule has 24 heavy (non-hydrogen) atoms. The van der Waals surface area contributed by atoms with Crippen LogP contribution >= 0.6 is 0 Å². The molecule has 1 saturated heterocycles. The quantitative estimate of drug-likeness (QED) is 0.643. The largest absolute Gasteiger partial charge is 0.378 e. The van der Waals surface area contributed by atoms with Gasteiger partial charge >= 0.3 is 5.69 Å². The monoisotopic (exact) mass is 334 g/mol. The number of anilines is 3. The van der Waals surface area contributed by atoms with Gasteiger partial charge in [-0.1, -0.05) is 26.2 Å². The first-order valence-electron chi connectivity index (χ1n) is 8.88. The van der Waals surface area contributed by atoms with E-state index in [1.165, 1.54) is 6.42 Å². The fourth-order valence-corrected chi connectivity index (χ4v) is 3.53. The summed E-state index contributed by atoms with van der Waals surface area (Å²) in [6.45, 7) is 3.96. The molecule has 1 aromatic heterocycles. The maximum absolute atomic E-state index is 11.4. The summed E-state index contributed by atoms with van der Waals surface area (Å²) in [6, 6.07) is 0.223. The van der Waals surface area contributed by atoms with Crippen molar-refractivity contribution in [3.8, 4) is 0 Å². The van der Waals surface area contributed by atoms with E-state index in [1.54, 1.807) is 0 Å². The third kappa shape index (κ3) is 3.68. The van der Waals surface area contributed by atoms with Crippen LogP contribution < -0.4 is 16.0 Å². The Morgan fingerprint density at radius 1 is 1.17 bits per heavy atom. The van der Waals surface area contributed by atoms with Crippen molar-refractivity contribution in [2.75, 3.05) is 29.0 Å². The van der Waals surface area contributed by atoms with Gasteiger partial charge < -0.3 is 16.0 Å². The van der Waals surface area contributed by atoms with Crippen molar-refractivity contribution in [2.45, 2.75) is 57.9 Å². The molecule has 1 aliphatic heterocycles. The third-order valence-electron chi connectivity index (χ3n) is 5.09. The van der Waals surface area contributed by atoms with Gasteiger partial charge in [0.05, 0.1) is 4.92 Å². The normalized spacial score (nSPS) is 20.1. The second-order valence-corrected chi connectivity index (χ2v) is 7.01. The molecule has 0 radical (unpaired) electrons. The number of nitro groups is 1. The molecule has 0 atom stereocenters. The van der Waals surface area contributed by atoms with E-state index < -0.39 is 4.92 Å². The van der Waals surface area contributed by atoms with Gasteiger partial charge in [-0.15, -0.1) is 0 Å². The molecular weight excluding hydrogens is 308 g/mol. The molecule has 1 saturated carbocycles. The lowest BCUT2D eigenvalue weighted by atomic mass is 9.95. The van der Waals surface area contributed by atoms with E-state index in [9.17, 15) is 10.1 Å². The number of nitrogen functional groups attached to an aromatic ring is 1. The zero-order valence-electron chi connectivity index (χ0n) is 14.2. The molecule has 0 unspecified atom stereocenters. The van der Waals surface area contributed by atoms with Gasteiger partial charge in [-0.3, -0.25) is 10.1 Å². The number of nitrogens with two attached hydrogens (primary N) is 1. The number of hydrogen-bond acceptors (Lipinski definition) is 7. The minimum absolute atomic E-state index is 0.0538. The Morgan fingerprint density at radius 2 is 1.83 bits per heavy atom. The predicted octanol–water partition coefficient (Wildman–Crippen LogP) is 2.95. The van der Waals surface area contributed by atoms with Gasteiger partial charge in [0.15, 0.2) is 0 Å². The first-order valence-corrected chi connectivity index (χ1v) is 8.88. The standard InChI is InChI=1S/C16H26N6O2/c1-11-7-9-21(10-8-11)16-19-14(17)13(22(23)24)15(20-16)18-12-5-3-2-4-6-12/h11-12H,2-10H2,1H3,(H3,17,18,19,20). The topological polar surface area (TPSA) is 110 Å². The molecule has 8 heteroatoms. The lowest BCUT2D eigenvalue weighted by Crippen LogP contribution is -2.34. The van der Waals surface area contributed by atoms with Crippen molar-refractivity contribution in [1.82, 2.24) is 9.97 Å². The van der Waals surface area contributed by atoms with Gasteiger partial charge in [0.2, 0.25) is 17.6 Å². The van der Waals surface area contributed by atoms with Crippen molar-refractivity contribution >= 4 is 23.3 Å². The fourth-order valence-electron chi connectivity index (χ4n) is 3.53. The first-order chi connectivity index (χ1) is 11.5. The van der Waals surface area contributed by atoms with Crippen LogP contribution in [0.1, 0.15) is 51.9 Å². The zero-order valence-corrected chi connectivity index (χ0v) is 14.2. The molecule has 2 fully saturated rings. The van der Waals surface area contributed by atoms with Crippen molar-refractivity contribution in [1.29, 1.82) is 0 Å². The molecule has 2 aliphatic rings. The van der Waals surface area contributed by atoms with E-state index in [0.717, 1.165) is 51.6 Å². The van der Waals surface area contributed by atoms with Crippen molar-refractivity contribution < 1.29 is 4.92 Å². The van der Waals surface area contributed by atoms with Gasteiger partial charge in [0, 0.05) is 19.1 Å². The minimum Gasteiger partial charge on any atom is -0.378 e. The molecule has 0 aromatic carbocycles. The van der Waals surface area contributed by atoms with Gasteiger partial charge in [0.1, 0.15) is 0 Å². The summed E-state index contributed by atoms with van der Waals surface area (Å²) in [7, 11) is 0. The average Bonchev–Trinajstić information content (AvgIpc) is 2.55. The molecule has 1 aromatic rings. The smallest absolute Gasteiger partial charge is 0.353 e. The highest BCUT2D eigenvalue weighted by molar-refractivity contribution is 5.70. The van der Waals surface area contributed by atoms with Crippen molar-refractivity contribution in [3.63, 3.8) is 0 Å². The molecule has 3 rings (SSSR count). The van der Waals surface area contributed by atoms with Crippen LogP contribution in [0.25, 0.3) is 0 Å². The Bertz CT molecular complexity index is 594. The summed E-state index contributed by atoms with van der Waals surface area (Å²) in [5.74, 6) is 1.41. The van der Waals surface area contributed by atoms with Crippen LogP contribution in [0.5, 0.6) is 0 Å². The molecule has 0 spiro atoms. The molecular formula is C16H26N6O2. The first kappa shape index (κ1) is 16.7. The Labute approximate surface area is 142 Å². The molecule has 0 amide bonds. The van der Waals surface area contributed by atoms with Crippen LogP contribution in [-0.4, -0.2) is 34.0 Å². The Balaban J connectivity index is 1.87. The number of rotatable bonds is 4. The number of nitrogens with one attached hydrogen (secondary N) is 1. The summed E-state index contributed by atoms with van der Waals surface area (Å²) < 4.78 is 0. The van der Waals surface area contributed by atoms with Crippen LogP contribution in [-0.2, 0) is 0 Å². The van der Waals surface area contributed by atoms with Crippen LogP contribution in [0.3, 0.4) is 0 Å². The number of aromatic nitrogens is 2. The minimum atomic E-state index is -0.484. The average molecular weight is 334 g/mol. The van der Waals surface area contributed by atoms with E-state index in [2.05, 4.69) is 27.1 Å². The van der Waals surface area contributed by atoms with Gasteiger partial charge in [-0.2, -0.15) is 9.97 Å². The number of nitrogens with zero attached hydrogens (tertiary/aromatic N) is 4. The van der Waals surface area contributed by atoms with Crippen LogP contribution in [0.15, 0.2) is 0 Å². The summed E-state index contributed by atoms with van der Waals surface area (Å²) >= 11 is 0. The van der Waals surface area contributed by atoms with Crippen LogP contribution in [0.4, 0.5) is 23.3 Å². The Morgan fingerprint density at radius 3 is 2.46 bits per heavy atom. The highest BCUT2D eigenvalue weighted by Gasteiger charge is 2.28. The van der Waals surface area contributed by atoms with E-state index in [0.29, 0.717) is 11.9 Å².